The van der Waals surface area contributed by atoms with Crippen LogP contribution in [0.3, 0.4) is 0 Å². The van der Waals surface area contributed by atoms with Crippen LogP contribution in [0.2, 0.25) is 0 Å². The number of aromatic nitrogens is 1. The zero-order valence-electron chi connectivity index (χ0n) is 10.8. The van der Waals surface area contributed by atoms with E-state index in [1.165, 1.54) is 7.11 Å². The number of ether oxygens (including phenoxy) is 1. The zero-order valence-corrected chi connectivity index (χ0v) is 12.5. The summed E-state index contributed by atoms with van der Waals surface area (Å²) in [6, 6.07) is 4.07. The van der Waals surface area contributed by atoms with E-state index in [2.05, 4.69) is 10.3 Å². The van der Waals surface area contributed by atoms with Crippen molar-refractivity contribution in [2.24, 2.45) is 0 Å². The summed E-state index contributed by atoms with van der Waals surface area (Å²) in [5, 5.41) is 7.46. The number of methoxy groups -OCH3 is 1. The van der Waals surface area contributed by atoms with Crippen molar-refractivity contribution >= 4 is 28.6 Å². The van der Waals surface area contributed by atoms with Crippen molar-refractivity contribution in [3.63, 3.8) is 0 Å². The summed E-state index contributed by atoms with van der Waals surface area (Å²) < 4.78 is 4.76. The molecule has 4 nitrogen and oxygen atoms in total. The third kappa shape index (κ3) is 3.86. The largest absolute Gasteiger partial charge is 0.469 e. The SMILES string of the molecule is COC(=O)CC(NC(C)c1cscn1)c1cccs1. The van der Waals surface area contributed by atoms with Gasteiger partial charge in [-0.1, -0.05) is 6.07 Å². The molecule has 2 unspecified atom stereocenters. The molecule has 0 saturated carbocycles. The van der Waals surface area contributed by atoms with E-state index in [1.54, 1.807) is 22.7 Å². The van der Waals surface area contributed by atoms with E-state index in [0.717, 1.165) is 10.6 Å². The number of hydrogen-bond donors (Lipinski definition) is 1. The van der Waals surface area contributed by atoms with Gasteiger partial charge >= 0.3 is 5.97 Å². The van der Waals surface area contributed by atoms with Gasteiger partial charge in [0.25, 0.3) is 0 Å². The van der Waals surface area contributed by atoms with E-state index in [9.17, 15) is 4.79 Å². The van der Waals surface area contributed by atoms with E-state index >= 15 is 0 Å². The van der Waals surface area contributed by atoms with Crippen molar-refractivity contribution in [3.05, 3.63) is 39.0 Å². The Balaban J connectivity index is 2.07. The summed E-state index contributed by atoms with van der Waals surface area (Å²) in [5.74, 6) is -0.212. The topological polar surface area (TPSA) is 51.2 Å². The highest BCUT2D eigenvalue weighted by Crippen LogP contribution is 2.26. The first-order valence-corrected chi connectivity index (χ1v) is 7.77. The number of carbonyl (C=O) groups is 1. The Bertz CT molecular complexity index is 497. The van der Waals surface area contributed by atoms with Crippen LogP contribution >= 0.6 is 22.7 Å². The highest BCUT2D eigenvalue weighted by molar-refractivity contribution is 7.10. The van der Waals surface area contributed by atoms with Crippen LogP contribution in [0.15, 0.2) is 28.4 Å². The van der Waals surface area contributed by atoms with Crippen LogP contribution in [0.1, 0.15) is 36.0 Å². The molecule has 2 atom stereocenters. The molecule has 2 heterocycles. The monoisotopic (exact) mass is 296 g/mol. The maximum absolute atomic E-state index is 11.5. The molecular weight excluding hydrogens is 280 g/mol. The van der Waals surface area contributed by atoms with Gasteiger partial charge in [-0.2, -0.15) is 0 Å². The minimum atomic E-state index is -0.212. The second-order valence-corrected chi connectivity index (χ2v) is 5.85. The first kappa shape index (κ1) is 14.2. The Morgan fingerprint density at radius 2 is 2.42 bits per heavy atom. The van der Waals surface area contributed by atoms with Crippen molar-refractivity contribution in [2.75, 3.05) is 7.11 Å². The lowest BCUT2D eigenvalue weighted by atomic mass is 10.1. The first-order valence-electron chi connectivity index (χ1n) is 5.95. The molecule has 6 heteroatoms. The summed E-state index contributed by atoms with van der Waals surface area (Å²) in [5.41, 5.74) is 2.81. The van der Waals surface area contributed by atoms with Crippen molar-refractivity contribution in [2.45, 2.75) is 25.4 Å². The average Bonchev–Trinajstić information content (AvgIpc) is 3.10. The lowest BCUT2D eigenvalue weighted by Gasteiger charge is -2.20. The number of carbonyl (C=O) groups excluding carboxylic acids is 1. The Morgan fingerprint density at radius 3 is 3.00 bits per heavy atom. The fourth-order valence-corrected chi connectivity index (χ4v) is 3.24. The van der Waals surface area contributed by atoms with Gasteiger partial charge < -0.3 is 10.1 Å². The molecule has 2 rings (SSSR count). The molecule has 0 aromatic carbocycles. The van der Waals surface area contributed by atoms with Gasteiger partial charge in [-0.25, -0.2) is 4.98 Å². The Kier molecular flexibility index (Phi) is 5.07. The normalized spacial score (nSPS) is 14.0. The van der Waals surface area contributed by atoms with Crippen molar-refractivity contribution in [1.82, 2.24) is 10.3 Å². The maximum atomic E-state index is 11.5. The summed E-state index contributed by atoms with van der Waals surface area (Å²) in [4.78, 5) is 16.9. The van der Waals surface area contributed by atoms with Crippen LogP contribution in [0.4, 0.5) is 0 Å². The molecule has 0 spiro atoms. The van der Waals surface area contributed by atoms with Gasteiger partial charge in [0.05, 0.1) is 30.8 Å². The molecule has 0 amide bonds. The number of nitrogens with one attached hydrogen (secondary N) is 1. The van der Waals surface area contributed by atoms with Crippen LogP contribution in [-0.4, -0.2) is 18.1 Å². The number of thiazole rings is 1. The highest BCUT2D eigenvalue weighted by atomic mass is 32.1. The van der Waals surface area contributed by atoms with E-state index in [0.29, 0.717) is 6.42 Å². The van der Waals surface area contributed by atoms with Crippen molar-refractivity contribution < 1.29 is 9.53 Å². The lowest BCUT2D eigenvalue weighted by molar-refractivity contribution is -0.141. The van der Waals surface area contributed by atoms with Gasteiger partial charge in [0.2, 0.25) is 0 Å². The molecule has 0 aliphatic heterocycles. The maximum Gasteiger partial charge on any atom is 0.307 e. The van der Waals surface area contributed by atoms with E-state index in [1.807, 2.05) is 35.3 Å². The quantitative estimate of drug-likeness (QED) is 0.832. The van der Waals surface area contributed by atoms with Gasteiger partial charge in [-0.05, 0) is 18.4 Å². The van der Waals surface area contributed by atoms with Crippen LogP contribution in [0.25, 0.3) is 0 Å². The number of thiophene rings is 1. The minimum Gasteiger partial charge on any atom is -0.469 e. The van der Waals surface area contributed by atoms with Gasteiger partial charge in [0, 0.05) is 16.3 Å². The number of esters is 1. The van der Waals surface area contributed by atoms with E-state index in [4.69, 9.17) is 4.74 Å². The molecular formula is C13H16N2O2S2. The molecule has 0 bridgehead atoms. The predicted octanol–water partition coefficient (Wildman–Crippen LogP) is 3.16. The van der Waals surface area contributed by atoms with Gasteiger partial charge in [0.15, 0.2) is 0 Å². The summed E-state index contributed by atoms with van der Waals surface area (Å²) in [6.07, 6.45) is 0.325. The molecule has 2 aromatic heterocycles. The van der Waals surface area contributed by atoms with Gasteiger partial charge in [-0.3, -0.25) is 4.79 Å². The van der Waals surface area contributed by atoms with Crippen molar-refractivity contribution in [3.8, 4) is 0 Å². The fraction of sp³-hybridized carbons (Fsp3) is 0.385. The molecule has 0 radical (unpaired) electrons. The summed E-state index contributed by atoms with van der Waals surface area (Å²) >= 11 is 3.21. The third-order valence-electron chi connectivity index (χ3n) is 2.83. The van der Waals surface area contributed by atoms with Crippen LogP contribution < -0.4 is 5.32 Å². The molecule has 19 heavy (non-hydrogen) atoms. The second-order valence-electron chi connectivity index (χ2n) is 4.15. The zero-order chi connectivity index (χ0) is 13.7. The summed E-state index contributed by atoms with van der Waals surface area (Å²) in [7, 11) is 1.41. The third-order valence-corrected chi connectivity index (χ3v) is 4.42. The predicted molar refractivity (Wildman–Crippen MR) is 77.4 cm³/mol. The molecule has 0 aliphatic carbocycles. The van der Waals surface area contributed by atoms with Gasteiger partial charge in [-0.15, -0.1) is 22.7 Å². The van der Waals surface area contributed by atoms with E-state index in [-0.39, 0.29) is 18.1 Å². The van der Waals surface area contributed by atoms with Crippen molar-refractivity contribution in [1.29, 1.82) is 0 Å². The Labute approximate surface area is 120 Å². The van der Waals surface area contributed by atoms with Crippen LogP contribution in [-0.2, 0) is 9.53 Å². The molecule has 0 fully saturated rings. The molecule has 2 aromatic rings. The Hall–Kier alpha value is -1.24. The lowest BCUT2D eigenvalue weighted by Crippen LogP contribution is -2.26. The molecule has 0 saturated heterocycles. The smallest absolute Gasteiger partial charge is 0.307 e. The number of rotatable bonds is 6. The molecule has 102 valence electrons. The fourth-order valence-electron chi connectivity index (χ4n) is 1.80. The second kappa shape index (κ2) is 6.79. The highest BCUT2D eigenvalue weighted by Gasteiger charge is 2.20. The van der Waals surface area contributed by atoms with Crippen LogP contribution in [0.5, 0.6) is 0 Å². The molecule has 1 N–H and O–H groups in total. The first-order chi connectivity index (χ1) is 9.20. The molecule has 0 aliphatic rings. The summed E-state index contributed by atoms with van der Waals surface area (Å²) in [6.45, 7) is 2.05. The van der Waals surface area contributed by atoms with Crippen LogP contribution in [0, 0.1) is 0 Å². The standard InChI is InChI=1S/C13H16N2O2S2/c1-9(11-7-18-8-14-11)15-10(6-13(16)17-2)12-4-3-5-19-12/h3-5,7-10,15H,6H2,1-2H3. The Morgan fingerprint density at radius 1 is 1.58 bits per heavy atom. The number of nitrogens with zero attached hydrogens (tertiary/aromatic N) is 1. The van der Waals surface area contributed by atoms with E-state index < -0.39 is 0 Å². The number of hydrogen-bond acceptors (Lipinski definition) is 6. The minimum absolute atomic E-state index is 0.0378. The van der Waals surface area contributed by atoms with Gasteiger partial charge in [0.1, 0.15) is 0 Å². The average molecular weight is 296 g/mol.